The minimum Gasteiger partial charge on any atom is -0.374 e. The van der Waals surface area contributed by atoms with Crippen LogP contribution < -0.4 is 0 Å². The Morgan fingerprint density at radius 1 is 0.500 bits per heavy atom. The summed E-state index contributed by atoms with van der Waals surface area (Å²) in [5.41, 5.74) is 3.78. The lowest BCUT2D eigenvalue weighted by atomic mass is 9.97. The third-order valence-corrected chi connectivity index (χ3v) is 7.31. The molecule has 5 atom stereocenters. The average molecular weight is 597 g/mol. The minimum atomic E-state index is -0.707. The molecule has 0 amide bonds. The molecule has 232 valence electrons. The highest BCUT2D eigenvalue weighted by Gasteiger charge is 2.50. The van der Waals surface area contributed by atoms with Gasteiger partial charge in [-0.1, -0.05) is 121 Å². The maximum atomic E-state index is 6.75. The second kappa shape index (κ2) is 16.1. The van der Waals surface area contributed by atoms with Crippen molar-refractivity contribution >= 4 is 0 Å². The number of hydrogen-bond acceptors (Lipinski definition) is 6. The molecule has 0 unspecified atom stereocenters. The highest BCUT2D eigenvalue weighted by Crippen LogP contribution is 2.33. The van der Waals surface area contributed by atoms with E-state index in [1.807, 2.05) is 106 Å². The maximum absolute atomic E-state index is 6.75. The Hall–Kier alpha value is -3.36. The fourth-order valence-corrected chi connectivity index (χ4v) is 5.19. The largest absolute Gasteiger partial charge is 0.374 e. The monoisotopic (exact) mass is 596 g/mol. The van der Waals surface area contributed by atoms with E-state index in [9.17, 15) is 0 Å². The maximum Gasteiger partial charge on any atom is 0.187 e. The molecule has 0 saturated carbocycles. The topological polar surface area (TPSA) is 55.4 Å². The lowest BCUT2D eigenvalue weighted by Gasteiger charge is -2.47. The van der Waals surface area contributed by atoms with Gasteiger partial charge in [-0.3, -0.25) is 0 Å². The Morgan fingerprint density at radius 3 is 1.32 bits per heavy atom. The lowest BCUT2D eigenvalue weighted by molar-refractivity contribution is -0.344. The van der Waals surface area contributed by atoms with Gasteiger partial charge in [-0.2, -0.15) is 0 Å². The van der Waals surface area contributed by atoms with Crippen LogP contribution in [0.2, 0.25) is 0 Å². The molecule has 1 saturated heterocycles. The van der Waals surface area contributed by atoms with Crippen LogP contribution in [0.1, 0.15) is 43.0 Å². The standard InChI is InChI=1S/C38H44O6/c1-38(2,3)44-37-36(42-27-32-22-14-7-15-23-32)35(41-26-31-20-12-6-13-21-31)34(40-25-30-18-10-5-11-19-30)33(43-37)28-39-24-29-16-8-4-9-17-29/h4-23,33-37H,24-28H2,1-3H3/t33-,34-,35+,36-,37-/m1/s1. The van der Waals surface area contributed by atoms with Gasteiger partial charge in [-0.25, -0.2) is 0 Å². The normalized spacial score (nSPS) is 22.1. The summed E-state index contributed by atoms with van der Waals surface area (Å²) in [6.07, 6.45) is -2.73. The van der Waals surface area contributed by atoms with Crippen LogP contribution in [-0.4, -0.2) is 42.9 Å². The number of rotatable bonds is 14. The molecule has 1 heterocycles. The SMILES string of the molecule is CC(C)(C)O[C@H]1O[C@H](COCc2ccccc2)[C@@H](OCc2ccccc2)[C@H](OCc2ccccc2)[C@H]1OCc1ccccc1. The smallest absolute Gasteiger partial charge is 0.187 e. The molecular formula is C38H44O6. The van der Waals surface area contributed by atoms with Gasteiger partial charge in [0.05, 0.1) is 38.6 Å². The van der Waals surface area contributed by atoms with E-state index in [-0.39, 0.29) is 0 Å². The van der Waals surface area contributed by atoms with Crippen LogP contribution in [0.3, 0.4) is 0 Å². The van der Waals surface area contributed by atoms with Crippen LogP contribution in [0.4, 0.5) is 0 Å². The van der Waals surface area contributed by atoms with Crippen molar-refractivity contribution in [3.63, 3.8) is 0 Å². The summed E-state index contributed by atoms with van der Waals surface area (Å²) in [6.45, 7) is 7.98. The van der Waals surface area contributed by atoms with Gasteiger partial charge in [0.25, 0.3) is 0 Å². The Balaban J connectivity index is 1.44. The van der Waals surface area contributed by atoms with Crippen molar-refractivity contribution in [3.8, 4) is 0 Å². The van der Waals surface area contributed by atoms with E-state index in [4.69, 9.17) is 28.4 Å². The Labute approximate surface area is 261 Å². The zero-order valence-electron chi connectivity index (χ0n) is 25.9. The van der Waals surface area contributed by atoms with Gasteiger partial charge in [-0.05, 0) is 43.0 Å². The van der Waals surface area contributed by atoms with Crippen LogP contribution in [-0.2, 0) is 54.8 Å². The van der Waals surface area contributed by atoms with Crippen LogP contribution in [0, 0.1) is 0 Å². The molecule has 1 aliphatic heterocycles. The first-order valence-electron chi connectivity index (χ1n) is 15.4. The van der Waals surface area contributed by atoms with E-state index in [1.165, 1.54) is 0 Å². The van der Waals surface area contributed by atoms with Crippen LogP contribution in [0.25, 0.3) is 0 Å². The zero-order chi connectivity index (χ0) is 30.6. The highest BCUT2D eigenvalue weighted by atomic mass is 16.7. The van der Waals surface area contributed by atoms with Gasteiger partial charge in [0.2, 0.25) is 0 Å². The summed E-state index contributed by atoms with van der Waals surface area (Å²) in [7, 11) is 0. The quantitative estimate of drug-likeness (QED) is 0.150. The average Bonchev–Trinajstić information content (AvgIpc) is 3.04. The van der Waals surface area contributed by atoms with Crippen molar-refractivity contribution in [1.82, 2.24) is 0 Å². The van der Waals surface area contributed by atoms with E-state index in [2.05, 4.69) is 36.4 Å². The molecule has 6 nitrogen and oxygen atoms in total. The zero-order valence-corrected chi connectivity index (χ0v) is 25.9. The van der Waals surface area contributed by atoms with Crippen LogP contribution in [0.5, 0.6) is 0 Å². The molecule has 1 aliphatic rings. The second-order valence-electron chi connectivity index (χ2n) is 12.1. The predicted molar refractivity (Wildman–Crippen MR) is 171 cm³/mol. The Morgan fingerprint density at radius 2 is 0.886 bits per heavy atom. The van der Waals surface area contributed by atoms with Crippen LogP contribution in [0.15, 0.2) is 121 Å². The summed E-state index contributed by atoms with van der Waals surface area (Å²) >= 11 is 0. The number of hydrogen-bond donors (Lipinski definition) is 0. The van der Waals surface area contributed by atoms with Crippen molar-refractivity contribution in [3.05, 3.63) is 144 Å². The predicted octanol–water partition coefficient (Wildman–Crippen LogP) is 7.50. The first-order valence-corrected chi connectivity index (χ1v) is 15.4. The molecule has 0 radical (unpaired) electrons. The summed E-state index contributed by atoms with van der Waals surface area (Å²) in [5.74, 6) is 0. The summed E-state index contributed by atoms with van der Waals surface area (Å²) in [4.78, 5) is 0. The van der Waals surface area contributed by atoms with Crippen LogP contribution >= 0.6 is 0 Å². The van der Waals surface area contributed by atoms with Crippen molar-refractivity contribution in [2.45, 2.75) is 83.5 Å². The third kappa shape index (κ3) is 9.83. The number of ether oxygens (including phenoxy) is 6. The molecular weight excluding hydrogens is 552 g/mol. The van der Waals surface area contributed by atoms with E-state index >= 15 is 0 Å². The highest BCUT2D eigenvalue weighted by molar-refractivity contribution is 5.16. The molecule has 0 aliphatic carbocycles. The molecule has 0 bridgehead atoms. The first kappa shape index (κ1) is 32.0. The fourth-order valence-electron chi connectivity index (χ4n) is 5.19. The van der Waals surface area contributed by atoms with E-state index < -0.39 is 36.3 Å². The van der Waals surface area contributed by atoms with Gasteiger partial charge in [0.15, 0.2) is 6.29 Å². The van der Waals surface area contributed by atoms with Crippen molar-refractivity contribution < 1.29 is 28.4 Å². The third-order valence-electron chi connectivity index (χ3n) is 7.31. The molecule has 0 aromatic heterocycles. The summed E-state index contributed by atoms with van der Waals surface area (Å²) in [6, 6.07) is 40.5. The summed E-state index contributed by atoms with van der Waals surface area (Å²) in [5, 5.41) is 0. The van der Waals surface area contributed by atoms with Gasteiger partial charge in [0.1, 0.15) is 24.4 Å². The molecule has 4 aromatic carbocycles. The van der Waals surface area contributed by atoms with Gasteiger partial charge in [-0.15, -0.1) is 0 Å². The lowest BCUT2D eigenvalue weighted by Crippen LogP contribution is -2.62. The van der Waals surface area contributed by atoms with E-state index in [0.717, 1.165) is 22.3 Å². The Bertz CT molecular complexity index is 1340. The Kier molecular flexibility index (Phi) is 11.7. The van der Waals surface area contributed by atoms with E-state index in [1.54, 1.807) is 0 Å². The first-order chi connectivity index (χ1) is 21.4. The van der Waals surface area contributed by atoms with Gasteiger partial charge in [0, 0.05) is 0 Å². The summed E-state index contributed by atoms with van der Waals surface area (Å²) < 4.78 is 39.5. The second-order valence-corrected chi connectivity index (χ2v) is 12.1. The molecule has 0 spiro atoms. The van der Waals surface area contributed by atoms with E-state index in [0.29, 0.717) is 33.0 Å². The van der Waals surface area contributed by atoms with Gasteiger partial charge >= 0.3 is 0 Å². The molecule has 0 N–H and O–H groups in total. The molecule has 5 rings (SSSR count). The molecule has 44 heavy (non-hydrogen) atoms. The number of benzene rings is 4. The van der Waals surface area contributed by atoms with Crippen molar-refractivity contribution in [2.24, 2.45) is 0 Å². The van der Waals surface area contributed by atoms with Crippen molar-refractivity contribution in [1.29, 1.82) is 0 Å². The van der Waals surface area contributed by atoms with Crippen molar-refractivity contribution in [2.75, 3.05) is 6.61 Å². The molecule has 6 heteroatoms. The fraction of sp³-hybridized carbons (Fsp3) is 0.368. The minimum absolute atomic E-state index is 0.301. The molecule has 4 aromatic rings. The molecule has 1 fully saturated rings. The van der Waals surface area contributed by atoms with Gasteiger partial charge < -0.3 is 28.4 Å².